The Morgan fingerprint density at radius 1 is 1.10 bits per heavy atom. The van der Waals surface area contributed by atoms with E-state index in [0.29, 0.717) is 6.42 Å². The number of Topliss-reactive ketones (excluding diaryl/α,β-unsaturated/α-hetero) is 1. The number of rotatable bonds is 6. The first-order valence-corrected chi connectivity index (χ1v) is 10.5. The Balaban J connectivity index is 1.52. The van der Waals surface area contributed by atoms with Crippen molar-refractivity contribution in [2.75, 3.05) is 0 Å². The molecule has 0 spiro atoms. The van der Waals surface area contributed by atoms with E-state index in [4.69, 9.17) is 0 Å². The van der Waals surface area contributed by atoms with Crippen molar-refractivity contribution in [2.24, 2.45) is 5.92 Å². The van der Waals surface area contributed by atoms with E-state index in [2.05, 4.69) is 4.98 Å². The third kappa shape index (κ3) is 4.36. The Labute approximate surface area is 178 Å². The predicted octanol–water partition coefficient (Wildman–Crippen LogP) is 5.25. The molecule has 0 aliphatic heterocycles. The molecule has 1 saturated carbocycles. The smallest absolute Gasteiger partial charge is 0.323 e. The van der Waals surface area contributed by atoms with Crippen LogP contribution in [0.5, 0.6) is 0 Å². The number of aliphatic carboxylic acids is 1. The van der Waals surface area contributed by atoms with Gasteiger partial charge in [0, 0.05) is 35.3 Å². The summed E-state index contributed by atoms with van der Waals surface area (Å²) in [6.45, 7) is 1.72. The maximum Gasteiger partial charge on any atom is 0.323 e. The third-order valence-electron chi connectivity index (χ3n) is 6.36. The lowest BCUT2D eigenvalue weighted by Crippen LogP contribution is -2.18. The van der Waals surface area contributed by atoms with Crippen molar-refractivity contribution in [2.45, 2.75) is 51.5 Å². The van der Waals surface area contributed by atoms with E-state index in [1.807, 2.05) is 6.92 Å². The molecule has 0 radical (unpaired) electrons. The number of carbonyl (C=O) groups is 2. The number of hydrogen-bond acceptors (Lipinski definition) is 3. The van der Waals surface area contributed by atoms with Crippen molar-refractivity contribution >= 4 is 22.7 Å². The van der Waals surface area contributed by atoms with Crippen LogP contribution >= 0.6 is 0 Å². The molecule has 162 valence electrons. The Hall–Kier alpha value is -3.09. The monoisotopic (exact) mass is 426 g/mol. The zero-order chi connectivity index (χ0) is 22.1. The highest BCUT2D eigenvalue weighted by Gasteiger charge is 2.29. The molecule has 1 N–H and O–H groups in total. The maximum atomic E-state index is 14.0. The average molecular weight is 426 g/mol. The normalized spacial score (nSPS) is 18.9. The molecule has 0 saturated heterocycles. The van der Waals surface area contributed by atoms with Gasteiger partial charge in [-0.15, -0.1) is 0 Å². The number of carbonyl (C=O) groups excluding carboxylic acids is 1. The van der Waals surface area contributed by atoms with Gasteiger partial charge in [0.25, 0.3) is 0 Å². The molecule has 1 aliphatic rings. The molecule has 0 unspecified atom stereocenters. The summed E-state index contributed by atoms with van der Waals surface area (Å²) in [5.74, 6) is -1.54. The van der Waals surface area contributed by atoms with Crippen molar-refractivity contribution in [3.63, 3.8) is 0 Å². The van der Waals surface area contributed by atoms with E-state index >= 15 is 0 Å². The summed E-state index contributed by atoms with van der Waals surface area (Å²) < 4.78 is 29.1. The zero-order valence-electron chi connectivity index (χ0n) is 17.3. The molecule has 7 heteroatoms. The van der Waals surface area contributed by atoms with E-state index in [9.17, 15) is 23.5 Å². The second kappa shape index (κ2) is 8.57. The van der Waals surface area contributed by atoms with E-state index < -0.39 is 11.8 Å². The standard InChI is InChI=1S/C24H24F2N2O3/c1-14-24(19-11-17(25)6-7-21(19)28(14)13-23(30)31)16-4-2-15(3-5-16)10-22(29)20-12-18(26)8-9-27-20/h6-9,11-12,15-16H,2-5,10,13H2,1H3,(H,30,31). The van der Waals surface area contributed by atoms with Crippen molar-refractivity contribution < 1.29 is 23.5 Å². The average Bonchev–Trinajstić information content (AvgIpc) is 2.99. The van der Waals surface area contributed by atoms with Crippen LogP contribution in [0.15, 0.2) is 36.5 Å². The Kier molecular flexibility index (Phi) is 5.85. The molecular weight excluding hydrogens is 402 g/mol. The van der Waals surface area contributed by atoms with Crippen molar-refractivity contribution in [1.82, 2.24) is 9.55 Å². The first-order valence-electron chi connectivity index (χ1n) is 10.5. The summed E-state index contributed by atoms with van der Waals surface area (Å²) in [6, 6.07) is 6.87. The number of carboxylic acid groups (broad SMARTS) is 1. The number of carboxylic acids is 1. The number of fused-ring (bicyclic) bond motifs is 1. The summed E-state index contributed by atoms with van der Waals surface area (Å²) in [5.41, 5.74) is 2.75. The van der Waals surface area contributed by atoms with Gasteiger partial charge in [-0.1, -0.05) is 0 Å². The molecule has 31 heavy (non-hydrogen) atoms. The Bertz CT molecular complexity index is 1150. The molecule has 2 heterocycles. The SMILES string of the molecule is Cc1c(C2CCC(CC(=O)c3cc(F)ccn3)CC2)c2cc(F)ccc2n1CC(=O)O. The van der Waals surface area contributed by atoms with Crippen LogP contribution in [0.4, 0.5) is 8.78 Å². The van der Waals surface area contributed by atoms with Crippen LogP contribution in [-0.2, 0) is 11.3 Å². The molecule has 1 aliphatic carbocycles. The second-order valence-corrected chi connectivity index (χ2v) is 8.34. The first-order chi connectivity index (χ1) is 14.8. The van der Waals surface area contributed by atoms with E-state index in [1.165, 1.54) is 30.5 Å². The maximum absolute atomic E-state index is 14.0. The summed E-state index contributed by atoms with van der Waals surface area (Å²) >= 11 is 0. The molecule has 5 nitrogen and oxygen atoms in total. The zero-order valence-corrected chi connectivity index (χ0v) is 17.3. The lowest BCUT2D eigenvalue weighted by molar-refractivity contribution is -0.137. The predicted molar refractivity (Wildman–Crippen MR) is 112 cm³/mol. The molecular formula is C24H24F2N2O3. The van der Waals surface area contributed by atoms with Crippen LogP contribution in [0.3, 0.4) is 0 Å². The number of ketones is 1. The molecule has 1 aromatic carbocycles. The van der Waals surface area contributed by atoms with Gasteiger partial charge in [0.05, 0.1) is 0 Å². The highest BCUT2D eigenvalue weighted by molar-refractivity contribution is 5.94. The van der Waals surface area contributed by atoms with Gasteiger partial charge in [0.15, 0.2) is 5.78 Å². The number of nitrogens with zero attached hydrogens (tertiary/aromatic N) is 2. The fourth-order valence-corrected chi connectivity index (χ4v) is 4.91. The van der Waals surface area contributed by atoms with Crippen LogP contribution < -0.4 is 0 Å². The lowest BCUT2D eigenvalue weighted by atomic mass is 9.76. The lowest BCUT2D eigenvalue weighted by Gasteiger charge is -2.28. The van der Waals surface area contributed by atoms with E-state index in [-0.39, 0.29) is 35.7 Å². The van der Waals surface area contributed by atoms with Crippen molar-refractivity contribution in [3.05, 3.63) is 65.1 Å². The fourth-order valence-electron chi connectivity index (χ4n) is 4.91. The van der Waals surface area contributed by atoms with Crippen LogP contribution in [-0.4, -0.2) is 26.4 Å². The summed E-state index contributed by atoms with van der Waals surface area (Å²) in [7, 11) is 0. The van der Waals surface area contributed by atoms with Crippen molar-refractivity contribution in [1.29, 1.82) is 0 Å². The Morgan fingerprint density at radius 2 is 1.81 bits per heavy atom. The summed E-state index contributed by atoms with van der Waals surface area (Å²) in [5, 5.41) is 10.1. The van der Waals surface area contributed by atoms with Gasteiger partial charge in [0.1, 0.15) is 23.9 Å². The first kappa shape index (κ1) is 21.2. The summed E-state index contributed by atoms with van der Waals surface area (Å²) in [6.07, 6.45) is 4.94. The molecule has 0 amide bonds. The minimum atomic E-state index is -0.941. The molecule has 3 aromatic rings. The number of hydrogen-bond donors (Lipinski definition) is 1. The summed E-state index contributed by atoms with van der Waals surface area (Å²) in [4.78, 5) is 27.8. The largest absolute Gasteiger partial charge is 0.480 e. The highest BCUT2D eigenvalue weighted by atomic mass is 19.1. The van der Waals surface area contributed by atoms with Gasteiger partial charge in [-0.25, -0.2) is 8.78 Å². The van der Waals surface area contributed by atoms with Gasteiger partial charge in [-0.3, -0.25) is 14.6 Å². The minimum absolute atomic E-state index is 0.153. The van der Waals surface area contributed by atoms with Gasteiger partial charge >= 0.3 is 5.97 Å². The second-order valence-electron chi connectivity index (χ2n) is 8.34. The quantitative estimate of drug-likeness (QED) is 0.546. The van der Waals surface area contributed by atoms with Crippen LogP contribution in [0.2, 0.25) is 0 Å². The van der Waals surface area contributed by atoms with Gasteiger partial charge in [-0.05, 0) is 74.3 Å². The molecule has 2 aromatic heterocycles. The molecule has 0 atom stereocenters. The highest BCUT2D eigenvalue weighted by Crippen LogP contribution is 2.42. The van der Waals surface area contributed by atoms with E-state index in [0.717, 1.165) is 47.8 Å². The topological polar surface area (TPSA) is 72.2 Å². The molecule has 0 bridgehead atoms. The fraction of sp³-hybridized carbons (Fsp3) is 0.375. The van der Waals surface area contributed by atoms with Gasteiger partial charge in [-0.2, -0.15) is 0 Å². The van der Waals surface area contributed by atoms with Gasteiger partial charge in [0.2, 0.25) is 0 Å². The number of benzene rings is 1. The van der Waals surface area contributed by atoms with Crippen LogP contribution in [0, 0.1) is 24.5 Å². The molecule has 4 rings (SSSR count). The number of pyridine rings is 1. The Morgan fingerprint density at radius 3 is 2.48 bits per heavy atom. The van der Waals surface area contributed by atoms with E-state index in [1.54, 1.807) is 10.6 Å². The number of halogens is 2. The number of aromatic nitrogens is 2. The molecule has 1 fully saturated rings. The minimum Gasteiger partial charge on any atom is -0.480 e. The van der Waals surface area contributed by atoms with Gasteiger partial charge < -0.3 is 9.67 Å². The van der Waals surface area contributed by atoms with Crippen LogP contribution in [0.1, 0.15) is 59.8 Å². The van der Waals surface area contributed by atoms with Crippen molar-refractivity contribution in [3.8, 4) is 0 Å². The third-order valence-corrected chi connectivity index (χ3v) is 6.36. The van der Waals surface area contributed by atoms with Crippen LogP contribution in [0.25, 0.3) is 10.9 Å².